The highest BCUT2D eigenvalue weighted by atomic mass is 19.1. The minimum atomic E-state index is -1.03. The molecule has 2 fully saturated rings. The molecule has 82 valence electrons. The predicted molar refractivity (Wildman–Crippen MR) is 58.0 cm³/mol. The Morgan fingerprint density at radius 1 is 1.29 bits per heavy atom. The smallest absolute Gasteiger partial charge is 0.150 e. The van der Waals surface area contributed by atoms with Crippen LogP contribution in [0.4, 0.5) is 4.39 Å². The van der Waals surface area contributed by atoms with Crippen molar-refractivity contribution >= 4 is 0 Å². The Kier molecular flexibility index (Phi) is 3.93. The van der Waals surface area contributed by atoms with Crippen molar-refractivity contribution in [3.63, 3.8) is 0 Å². The van der Waals surface area contributed by atoms with E-state index in [0.717, 1.165) is 26.2 Å². The molecule has 1 heterocycles. The van der Waals surface area contributed by atoms with Crippen LogP contribution in [-0.4, -0.2) is 36.7 Å². The predicted octanol–water partition coefficient (Wildman–Crippen LogP) is 1.93. The maximum atomic E-state index is 13.5. The lowest BCUT2D eigenvalue weighted by atomic mass is 10.2. The largest absolute Gasteiger partial charge is 0.370 e. The molecule has 0 aromatic rings. The molecule has 2 rings (SSSR count). The zero-order valence-electron chi connectivity index (χ0n) is 9.27. The molecule has 3 heteroatoms. The Hall–Kier alpha value is -0.570. The molecule has 0 aromatic carbocycles. The van der Waals surface area contributed by atoms with Gasteiger partial charge in [0.25, 0.3) is 0 Å². The summed E-state index contributed by atoms with van der Waals surface area (Å²) in [5.74, 6) is 0. The van der Waals surface area contributed by atoms with Crippen molar-refractivity contribution in [2.45, 2.75) is 32.4 Å². The lowest BCUT2D eigenvalue weighted by molar-refractivity contribution is 0.224. The summed E-state index contributed by atoms with van der Waals surface area (Å²) in [6.45, 7) is 11.6. The van der Waals surface area contributed by atoms with E-state index in [0.29, 0.717) is 18.5 Å². The number of allylic oxidation sites excluding steroid dienone is 1. The molecule has 1 saturated carbocycles. The van der Waals surface area contributed by atoms with Gasteiger partial charge in [0.15, 0.2) is 0 Å². The van der Waals surface area contributed by atoms with Crippen LogP contribution in [0.3, 0.4) is 0 Å². The quantitative estimate of drug-likeness (QED) is 0.732. The second-order valence-electron chi connectivity index (χ2n) is 3.65. The number of hydrogen-bond donors (Lipinski definition) is 1. The van der Waals surface area contributed by atoms with Crippen molar-refractivity contribution in [3.05, 3.63) is 12.3 Å². The van der Waals surface area contributed by atoms with Crippen molar-refractivity contribution in [1.82, 2.24) is 10.2 Å². The molecule has 0 spiro atoms. The van der Waals surface area contributed by atoms with E-state index in [1.54, 1.807) is 0 Å². The van der Waals surface area contributed by atoms with Gasteiger partial charge in [0.05, 0.1) is 0 Å². The molecule has 0 aromatic heterocycles. The molecule has 0 bridgehead atoms. The summed E-state index contributed by atoms with van der Waals surface area (Å²) < 4.78 is 13.5. The Morgan fingerprint density at radius 3 is 2.21 bits per heavy atom. The zero-order chi connectivity index (χ0) is 10.6. The lowest BCUT2D eigenvalue weighted by Crippen LogP contribution is -2.44. The average Bonchev–Trinajstić information content (AvgIpc) is 3.01. The number of rotatable bonds is 2. The molecule has 1 N–H and O–H groups in total. The summed E-state index contributed by atoms with van der Waals surface area (Å²) in [7, 11) is 0. The van der Waals surface area contributed by atoms with Gasteiger partial charge in [-0.05, 0) is 12.8 Å². The SMILES string of the molecule is C=C(N1CCNCC1)C1(F)CC1.CC. The Labute approximate surface area is 86.2 Å². The van der Waals surface area contributed by atoms with Crippen molar-refractivity contribution in [3.8, 4) is 0 Å². The molecule has 0 atom stereocenters. The topological polar surface area (TPSA) is 15.3 Å². The minimum Gasteiger partial charge on any atom is -0.370 e. The molecule has 0 radical (unpaired) electrons. The van der Waals surface area contributed by atoms with Crippen LogP contribution in [0.5, 0.6) is 0 Å². The minimum absolute atomic E-state index is 0.676. The van der Waals surface area contributed by atoms with Crippen LogP contribution in [0, 0.1) is 0 Å². The van der Waals surface area contributed by atoms with Gasteiger partial charge in [-0.25, -0.2) is 4.39 Å². The molecular formula is C11H21FN2. The summed E-state index contributed by atoms with van der Waals surface area (Å²) in [5.41, 5.74) is -0.318. The zero-order valence-corrected chi connectivity index (χ0v) is 9.27. The molecule has 2 aliphatic rings. The van der Waals surface area contributed by atoms with Crippen molar-refractivity contribution < 1.29 is 4.39 Å². The van der Waals surface area contributed by atoms with Gasteiger partial charge in [0.1, 0.15) is 5.67 Å². The lowest BCUT2D eigenvalue weighted by Gasteiger charge is -2.32. The Bertz CT molecular complexity index is 193. The summed E-state index contributed by atoms with van der Waals surface area (Å²) >= 11 is 0. The van der Waals surface area contributed by atoms with E-state index >= 15 is 0 Å². The van der Waals surface area contributed by atoms with Gasteiger partial charge in [-0.1, -0.05) is 20.4 Å². The third-order valence-corrected chi connectivity index (χ3v) is 2.70. The van der Waals surface area contributed by atoms with Crippen molar-refractivity contribution in [2.24, 2.45) is 0 Å². The average molecular weight is 200 g/mol. The molecule has 1 aliphatic heterocycles. The van der Waals surface area contributed by atoms with Gasteiger partial charge in [-0.15, -0.1) is 0 Å². The van der Waals surface area contributed by atoms with Crippen LogP contribution < -0.4 is 5.32 Å². The molecule has 0 amide bonds. The van der Waals surface area contributed by atoms with E-state index in [2.05, 4.69) is 16.8 Å². The first kappa shape index (κ1) is 11.5. The number of hydrogen-bond acceptors (Lipinski definition) is 2. The molecule has 14 heavy (non-hydrogen) atoms. The maximum absolute atomic E-state index is 13.5. The van der Waals surface area contributed by atoms with Crippen LogP contribution in [0.1, 0.15) is 26.7 Å². The molecule has 1 saturated heterocycles. The Balaban J connectivity index is 0.000000461. The van der Waals surface area contributed by atoms with Gasteiger partial charge in [-0.2, -0.15) is 0 Å². The molecule has 1 aliphatic carbocycles. The number of piperazine rings is 1. The first-order valence-electron chi connectivity index (χ1n) is 5.56. The summed E-state index contributed by atoms with van der Waals surface area (Å²) in [5, 5.41) is 3.24. The monoisotopic (exact) mass is 200 g/mol. The molecule has 0 unspecified atom stereocenters. The second kappa shape index (κ2) is 4.78. The highest BCUT2D eigenvalue weighted by Crippen LogP contribution is 2.46. The van der Waals surface area contributed by atoms with Crippen LogP contribution in [0.15, 0.2) is 12.3 Å². The number of nitrogens with one attached hydrogen (secondary N) is 1. The first-order valence-corrected chi connectivity index (χ1v) is 5.56. The Morgan fingerprint density at radius 2 is 1.79 bits per heavy atom. The van der Waals surface area contributed by atoms with E-state index in [1.807, 2.05) is 13.8 Å². The summed E-state index contributed by atoms with van der Waals surface area (Å²) in [4.78, 5) is 2.07. The number of halogens is 1. The third kappa shape index (κ3) is 2.47. The first-order chi connectivity index (χ1) is 6.72. The van der Waals surface area contributed by atoms with E-state index < -0.39 is 5.67 Å². The van der Waals surface area contributed by atoms with E-state index in [-0.39, 0.29) is 0 Å². The molecule has 2 nitrogen and oxygen atoms in total. The van der Waals surface area contributed by atoms with E-state index in [1.165, 1.54) is 0 Å². The number of nitrogens with zero attached hydrogens (tertiary/aromatic N) is 1. The van der Waals surface area contributed by atoms with Gasteiger partial charge < -0.3 is 10.2 Å². The van der Waals surface area contributed by atoms with Gasteiger partial charge in [-0.3, -0.25) is 0 Å². The second-order valence-corrected chi connectivity index (χ2v) is 3.65. The summed E-state index contributed by atoms with van der Waals surface area (Å²) in [6.07, 6.45) is 1.35. The van der Waals surface area contributed by atoms with Crippen LogP contribution in [0.25, 0.3) is 0 Å². The number of alkyl halides is 1. The van der Waals surface area contributed by atoms with Crippen molar-refractivity contribution in [1.29, 1.82) is 0 Å². The van der Waals surface area contributed by atoms with Crippen LogP contribution >= 0.6 is 0 Å². The normalized spacial score (nSPS) is 23.5. The fourth-order valence-electron chi connectivity index (χ4n) is 1.62. The third-order valence-electron chi connectivity index (χ3n) is 2.70. The van der Waals surface area contributed by atoms with E-state index in [9.17, 15) is 4.39 Å². The summed E-state index contributed by atoms with van der Waals surface area (Å²) in [6, 6.07) is 0. The fourth-order valence-corrected chi connectivity index (χ4v) is 1.62. The van der Waals surface area contributed by atoms with Gasteiger partial charge in [0.2, 0.25) is 0 Å². The molecular weight excluding hydrogens is 179 g/mol. The fraction of sp³-hybridized carbons (Fsp3) is 0.818. The van der Waals surface area contributed by atoms with Gasteiger partial charge in [0, 0.05) is 31.9 Å². The van der Waals surface area contributed by atoms with Crippen LogP contribution in [-0.2, 0) is 0 Å². The van der Waals surface area contributed by atoms with Gasteiger partial charge >= 0.3 is 0 Å². The standard InChI is InChI=1S/C9H15FN2.C2H6/c1-8(9(10)2-3-9)12-6-4-11-5-7-12;1-2/h11H,1-7H2;1-2H3. The van der Waals surface area contributed by atoms with Crippen molar-refractivity contribution in [2.75, 3.05) is 26.2 Å². The highest BCUT2D eigenvalue weighted by molar-refractivity contribution is 5.20. The van der Waals surface area contributed by atoms with E-state index in [4.69, 9.17) is 0 Å². The van der Waals surface area contributed by atoms with Crippen LogP contribution in [0.2, 0.25) is 0 Å². The highest BCUT2D eigenvalue weighted by Gasteiger charge is 2.47. The maximum Gasteiger partial charge on any atom is 0.150 e.